The summed E-state index contributed by atoms with van der Waals surface area (Å²) in [5.74, 6) is -2.07. The van der Waals surface area contributed by atoms with Gasteiger partial charge in [-0.2, -0.15) is 0 Å². The van der Waals surface area contributed by atoms with E-state index >= 15 is 0 Å². The number of amides is 1. The molecule has 11 heteroatoms. The molecule has 0 aromatic heterocycles. The molecule has 0 bridgehead atoms. The smallest absolute Gasteiger partial charge is 0.328 e. The van der Waals surface area contributed by atoms with Crippen LogP contribution in [0.5, 0.6) is 0 Å². The largest absolute Gasteiger partial charge is 0.466 e. The van der Waals surface area contributed by atoms with Gasteiger partial charge in [-0.05, 0) is 45.7 Å². The highest BCUT2D eigenvalue weighted by Crippen LogP contribution is 2.12. The Labute approximate surface area is 213 Å². The third kappa shape index (κ3) is 19.2. The van der Waals surface area contributed by atoms with E-state index in [0.717, 1.165) is 12.1 Å². The van der Waals surface area contributed by atoms with Gasteiger partial charge in [0.15, 0.2) is 0 Å². The number of esters is 3. The van der Waals surface area contributed by atoms with E-state index in [2.05, 4.69) is 44.6 Å². The zero-order chi connectivity index (χ0) is 27.4. The third-order valence-corrected chi connectivity index (χ3v) is 8.27. The lowest BCUT2D eigenvalue weighted by molar-refractivity contribution is -0.155. The van der Waals surface area contributed by atoms with E-state index in [-0.39, 0.29) is 32.3 Å². The van der Waals surface area contributed by atoms with E-state index in [0.29, 0.717) is 6.61 Å². The maximum absolute atomic E-state index is 12.7. The van der Waals surface area contributed by atoms with Gasteiger partial charge in [0, 0.05) is 29.0 Å². The third-order valence-electron chi connectivity index (χ3n) is 4.87. The minimum atomic E-state index is -1.41. The van der Waals surface area contributed by atoms with Crippen molar-refractivity contribution in [2.45, 2.75) is 116 Å². The molecule has 0 aliphatic carbocycles. The van der Waals surface area contributed by atoms with Crippen molar-refractivity contribution < 1.29 is 33.4 Å². The molecule has 0 heterocycles. The molecule has 0 aliphatic rings. The Kier molecular flexibility index (Phi) is 14.0. The molecule has 2 unspecified atom stereocenters. The predicted molar refractivity (Wildman–Crippen MR) is 142 cm³/mol. The van der Waals surface area contributed by atoms with Crippen molar-refractivity contribution in [2.24, 2.45) is 5.73 Å². The fraction of sp³-hybridized carbons (Fsp3) is 0.833. The fourth-order valence-corrected chi connectivity index (χ4v) is 4.12. The van der Waals surface area contributed by atoms with Crippen molar-refractivity contribution in [1.29, 1.82) is 0 Å². The fourth-order valence-electron chi connectivity index (χ4n) is 2.69. The summed E-state index contributed by atoms with van der Waals surface area (Å²) < 4.78 is 15.9. The van der Waals surface area contributed by atoms with Crippen LogP contribution < -0.4 is 11.1 Å². The predicted octanol–water partition coefficient (Wildman–Crippen LogP) is 3.46. The summed E-state index contributed by atoms with van der Waals surface area (Å²) in [5, 5.41) is 2.59. The summed E-state index contributed by atoms with van der Waals surface area (Å²) in [6.07, 6.45) is 0.0481. The quantitative estimate of drug-likeness (QED) is 0.186. The molecule has 0 saturated carbocycles. The molecule has 0 rings (SSSR count). The molecule has 9 nitrogen and oxygen atoms in total. The first-order valence-corrected chi connectivity index (χ1v) is 19.8. The van der Waals surface area contributed by atoms with Gasteiger partial charge in [0.1, 0.15) is 11.6 Å². The number of ether oxygens (including phenoxy) is 3. The van der Waals surface area contributed by atoms with E-state index in [9.17, 15) is 19.2 Å². The van der Waals surface area contributed by atoms with Gasteiger partial charge in [-0.25, -0.2) is 4.79 Å². The van der Waals surface area contributed by atoms with E-state index < -0.39 is 57.6 Å². The molecule has 35 heavy (non-hydrogen) atoms. The lowest BCUT2D eigenvalue weighted by Gasteiger charge is -2.22. The lowest BCUT2D eigenvalue weighted by atomic mass is 10.1. The number of carbonyl (C=O) groups is 4. The number of hydrogen-bond acceptors (Lipinski definition) is 8. The first-order valence-electron chi connectivity index (χ1n) is 12.4. The van der Waals surface area contributed by atoms with Crippen molar-refractivity contribution in [1.82, 2.24) is 5.32 Å². The average Bonchev–Trinajstić information content (AvgIpc) is 2.65. The van der Waals surface area contributed by atoms with Crippen molar-refractivity contribution in [3.05, 3.63) is 0 Å². The van der Waals surface area contributed by atoms with Gasteiger partial charge in [0.2, 0.25) is 5.91 Å². The SMILES string of the molecule is CC(C)(C)OC(=O)CCC(N)C(=O)NC(CCC(=O)OCC[Si](C)(C)C)C(=O)OCC[Si](C)(C)C. The Morgan fingerprint density at radius 2 is 1.29 bits per heavy atom. The van der Waals surface area contributed by atoms with Crippen LogP contribution in [0, 0.1) is 0 Å². The molecule has 0 aromatic carbocycles. The Morgan fingerprint density at radius 1 is 0.800 bits per heavy atom. The van der Waals surface area contributed by atoms with Crippen LogP contribution in [0.25, 0.3) is 0 Å². The van der Waals surface area contributed by atoms with E-state index in [1.165, 1.54) is 0 Å². The maximum Gasteiger partial charge on any atom is 0.328 e. The van der Waals surface area contributed by atoms with Crippen LogP contribution in [-0.4, -0.2) is 70.9 Å². The van der Waals surface area contributed by atoms with Crippen LogP contribution in [0.15, 0.2) is 0 Å². The minimum Gasteiger partial charge on any atom is -0.466 e. The Hall–Kier alpha value is -1.73. The molecule has 0 radical (unpaired) electrons. The number of nitrogens with two attached hydrogens (primary N) is 1. The highest BCUT2D eigenvalue weighted by Gasteiger charge is 2.27. The van der Waals surface area contributed by atoms with E-state index in [1.807, 2.05) is 0 Å². The highest BCUT2D eigenvalue weighted by molar-refractivity contribution is 6.76. The van der Waals surface area contributed by atoms with Gasteiger partial charge in [0.05, 0.1) is 19.3 Å². The Bertz CT molecular complexity index is 710. The van der Waals surface area contributed by atoms with Crippen molar-refractivity contribution in [2.75, 3.05) is 13.2 Å². The summed E-state index contributed by atoms with van der Waals surface area (Å²) in [6, 6.07) is -0.401. The average molecular weight is 533 g/mol. The van der Waals surface area contributed by atoms with Gasteiger partial charge in [-0.15, -0.1) is 0 Å². The zero-order valence-corrected chi connectivity index (χ0v) is 25.2. The second kappa shape index (κ2) is 14.7. The molecule has 3 N–H and O–H groups in total. The standard InChI is InChI=1S/C24H48N2O7Si2/c1-24(2,3)33-21(28)12-10-18(25)22(29)26-19(23(30)32-15-17-35(7,8)9)11-13-20(27)31-14-16-34(4,5)6/h18-19H,10-17,25H2,1-9H3,(H,26,29). The van der Waals surface area contributed by atoms with Crippen molar-refractivity contribution in [3.63, 3.8) is 0 Å². The van der Waals surface area contributed by atoms with Crippen LogP contribution in [0.4, 0.5) is 0 Å². The lowest BCUT2D eigenvalue weighted by Crippen LogP contribution is -2.49. The topological polar surface area (TPSA) is 134 Å². The van der Waals surface area contributed by atoms with Crippen LogP contribution in [-0.2, 0) is 33.4 Å². The molecule has 0 aromatic rings. The molecular weight excluding hydrogens is 484 g/mol. The Balaban J connectivity index is 4.95. The number of rotatable bonds is 15. The molecule has 0 fully saturated rings. The first-order chi connectivity index (χ1) is 15.8. The monoisotopic (exact) mass is 532 g/mol. The van der Waals surface area contributed by atoms with E-state index in [1.54, 1.807) is 20.8 Å². The number of carbonyl (C=O) groups excluding carboxylic acids is 4. The first kappa shape index (κ1) is 33.3. The van der Waals surface area contributed by atoms with Crippen LogP contribution in [0.1, 0.15) is 46.5 Å². The molecule has 0 aliphatic heterocycles. The summed E-state index contributed by atoms with van der Waals surface area (Å²) >= 11 is 0. The normalized spacial score (nSPS) is 14.0. The molecular formula is C24H48N2O7Si2. The van der Waals surface area contributed by atoms with Gasteiger partial charge in [-0.1, -0.05) is 39.3 Å². The van der Waals surface area contributed by atoms with Crippen LogP contribution in [0.3, 0.4) is 0 Å². The van der Waals surface area contributed by atoms with Crippen LogP contribution >= 0.6 is 0 Å². The van der Waals surface area contributed by atoms with Crippen molar-refractivity contribution in [3.8, 4) is 0 Å². The van der Waals surface area contributed by atoms with Gasteiger partial charge >= 0.3 is 17.9 Å². The zero-order valence-electron chi connectivity index (χ0n) is 23.2. The van der Waals surface area contributed by atoms with Crippen molar-refractivity contribution >= 4 is 40.0 Å². The summed E-state index contributed by atoms with van der Waals surface area (Å²) in [6.45, 7) is 18.9. The summed E-state index contributed by atoms with van der Waals surface area (Å²) in [7, 11) is -2.75. The van der Waals surface area contributed by atoms with Gasteiger partial charge in [0.25, 0.3) is 0 Å². The second-order valence-electron chi connectivity index (χ2n) is 12.3. The molecule has 1 amide bonds. The summed E-state index contributed by atoms with van der Waals surface area (Å²) in [4.78, 5) is 49.4. The Morgan fingerprint density at radius 3 is 1.77 bits per heavy atom. The molecule has 0 saturated heterocycles. The second-order valence-corrected chi connectivity index (χ2v) is 23.6. The minimum absolute atomic E-state index is 0.0272. The maximum atomic E-state index is 12.7. The van der Waals surface area contributed by atoms with E-state index in [4.69, 9.17) is 19.9 Å². The molecule has 0 spiro atoms. The number of nitrogens with one attached hydrogen (secondary N) is 1. The van der Waals surface area contributed by atoms with Gasteiger partial charge < -0.3 is 25.3 Å². The summed E-state index contributed by atoms with van der Waals surface area (Å²) in [5.41, 5.74) is 5.32. The van der Waals surface area contributed by atoms with Crippen LogP contribution in [0.2, 0.25) is 51.4 Å². The highest BCUT2D eigenvalue weighted by atomic mass is 28.3. The number of hydrogen-bond donors (Lipinski definition) is 2. The van der Waals surface area contributed by atoms with Gasteiger partial charge in [-0.3, -0.25) is 14.4 Å². The molecule has 204 valence electrons. The molecule has 2 atom stereocenters.